The number of nitro benzene ring substituents is 1. The molecule has 2 N–H and O–H groups in total. The number of methoxy groups -OCH3 is 1. The summed E-state index contributed by atoms with van der Waals surface area (Å²) in [5.74, 6) is -1.47. The SMILES string of the molecule is COC(=O)[C@H](CO)NC(=O)c1ccc(-c2ccc([N+](=O)[O-])cc2Cl)o1. The van der Waals surface area contributed by atoms with Crippen molar-refractivity contribution < 1.29 is 28.8 Å². The van der Waals surface area contributed by atoms with Gasteiger partial charge in [-0.2, -0.15) is 0 Å². The van der Waals surface area contributed by atoms with Crippen molar-refractivity contribution in [2.45, 2.75) is 6.04 Å². The molecule has 0 aliphatic heterocycles. The Bertz CT molecular complexity index is 818. The minimum Gasteiger partial charge on any atom is -0.467 e. The number of benzene rings is 1. The predicted octanol–water partition coefficient (Wildman–Crippen LogP) is 1.77. The molecule has 0 fully saturated rings. The van der Waals surface area contributed by atoms with Crippen LogP contribution in [0, 0.1) is 10.1 Å². The Labute approximate surface area is 146 Å². The first kappa shape index (κ1) is 18.4. The highest BCUT2D eigenvalue weighted by molar-refractivity contribution is 6.33. The van der Waals surface area contributed by atoms with Crippen LogP contribution in [0.15, 0.2) is 34.7 Å². The van der Waals surface area contributed by atoms with E-state index in [1.165, 1.54) is 24.3 Å². The summed E-state index contributed by atoms with van der Waals surface area (Å²) in [4.78, 5) is 33.6. The van der Waals surface area contributed by atoms with Gasteiger partial charge in [0, 0.05) is 17.7 Å². The summed E-state index contributed by atoms with van der Waals surface area (Å²) in [5.41, 5.74) is 0.181. The molecule has 1 heterocycles. The number of non-ortho nitro benzene ring substituents is 1. The van der Waals surface area contributed by atoms with Gasteiger partial charge in [0.25, 0.3) is 11.6 Å². The summed E-state index contributed by atoms with van der Waals surface area (Å²) in [7, 11) is 1.12. The fraction of sp³-hybridized carbons (Fsp3) is 0.200. The number of nitrogens with zero attached hydrogens (tertiary/aromatic N) is 1. The van der Waals surface area contributed by atoms with Crippen molar-refractivity contribution in [2.75, 3.05) is 13.7 Å². The number of carbonyl (C=O) groups excluding carboxylic acids is 2. The van der Waals surface area contributed by atoms with E-state index >= 15 is 0 Å². The smallest absolute Gasteiger partial charge is 0.330 e. The maximum absolute atomic E-state index is 12.1. The second-order valence-electron chi connectivity index (χ2n) is 4.82. The zero-order chi connectivity index (χ0) is 18.6. The molecule has 0 saturated heterocycles. The van der Waals surface area contributed by atoms with E-state index in [-0.39, 0.29) is 22.2 Å². The van der Waals surface area contributed by atoms with Gasteiger partial charge in [-0.15, -0.1) is 0 Å². The highest BCUT2D eigenvalue weighted by Gasteiger charge is 2.23. The van der Waals surface area contributed by atoms with Crippen LogP contribution in [0.4, 0.5) is 5.69 Å². The van der Waals surface area contributed by atoms with Crippen LogP contribution in [0.5, 0.6) is 0 Å². The summed E-state index contributed by atoms with van der Waals surface area (Å²) in [6.07, 6.45) is 0. The number of carbonyl (C=O) groups is 2. The standard InChI is InChI=1S/C15H13ClN2O7/c1-24-15(21)11(7-19)17-14(20)13-5-4-12(25-13)9-3-2-8(18(22)23)6-10(9)16/h2-6,11,19H,7H2,1H3,(H,17,20)/t11-/m0/s1. The second-order valence-corrected chi connectivity index (χ2v) is 5.22. The lowest BCUT2D eigenvalue weighted by molar-refractivity contribution is -0.384. The number of nitro groups is 1. The van der Waals surface area contributed by atoms with Crippen LogP contribution in [0.3, 0.4) is 0 Å². The van der Waals surface area contributed by atoms with E-state index in [1.807, 2.05) is 0 Å². The van der Waals surface area contributed by atoms with Gasteiger partial charge in [-0.3, -0.25) is 14.9 Å². The van der Waals surface area contributed by atoms with E-state index in [2.05, 4.69) is 10.1 Å². The lowest BCUT2D eigenvalue weighted by Gasteiger charge is -2.12. The molecular formula is C15H13ClN2O7. The molecule has 0 aliphatic carbocycles. The van der Waals surface area contributed by atoms with Crippen molar-refractivity contribution in [1.82, 2.24) is 5.32 Å². The first-order chi connectivity index (χ1) is 11.9. The summed E-state index contributed by atoms with van der Waals surface area (Å²) < 4.78 is 9.82. The minimum atomic E-state index is -1.23. The fourth-order valence-corrected chi connectivity index (χ4v) is 2.24. The van der Waals surface area contributed by atoms with Gasteiger partial charge in [-0.05, 0) is 18.2 Å². The van der Waals surface area contributed by atoms with Gasteiger partial charge in [0.15, 0.2) is 11.8 Å². The van der Waals surface area contributed by atoms with Gasteiger partial charge in [-0.1, -0.05) is 11.6 Å². The lowest BCUT2D eigenvalue weighted by atomic mass is 10.1. The zero-order valence-electron chi connectivity index (χ0n) is 12.9. The molecule has 2 rings (SSSR count). The Hall–Kier alpha value is -2.91. The van der Waals surface area contributed by atoms with Gasteiger partial charge in [-0.25, -0.2) is 4.79 Å². The number of rotatable bonds is 6. The minimum absolute atomic E-state index is 0.0818. The van der Waals surface area contributed by atoms with Crippen molar-refractivity contribution in [3.63, 3.8) is 0 Å². The molecule has 9 nitrogen and oxygen atoms in total. The van der Waals surface area contributed by atoms with E-state index in [9.17, 15) is 19.7 Å². The van der Waals surface area contributed by atoms with E-state index in [0.717, 1.165) is 13.2 Å². The second kappa shape index (κ2) is 7.77. The van der Waals surface area contributed by atoms with Gasteiger partial charge in [0.2, 0.25) is 0 Å². The van der Waals surface area contributed by atoms with Gasteiger partial charge < -0.3 is 19.6 Å². The van der Waals surface area contributed by atoms with Crippen LogP contribution in [0.25, 0.3) is 11.3 Å². The quantitative estimate of drug-likeness (QED) is 0.451. The number of ether oxygens (including phenoxy) is 1. The first-order valence-electron chi connectivity index (χ1n) is 6.91. The molecule has 0 saturated carbocycles. The largest absolute Gasteiger partial charge is 0.467 e. The Kier molecular flexibility index (Phi) is 5.73. The molecule has 0 spiro atoms. The van der Waals surface area contributed by atoms with Crippen LogP contribution in [0.2, 0.25) is 5.02 Å². The van der Waals surface area contributed by atoms with E-state index in [4.69, 9.17) is 21.1 Å². The van der Waals surface area contributed by atoms with Crippen LogP contribution in [-0.4, -0.2) is 41.7 Å². The third-order valence-corrected chi connectivity index (χ3v) is 3.55. The van der Waals surface area contributed by atoms with Gasteiger partial charge in [0.05, 0.1) is 23.7 Å². The molecule has 10 heteroatoms. The summed E-state index contributed by atoms with van der Waals surface area (Å²) in [6, 6.07) is 5.38. The molecule has 0 radical (unpaired) electrons. The van der Waals surface area contributed by atoms with Crippen LogP contribution < -0.4 is 5.32 Å². The Morgan fingerprint density at radius 2 is 2.12 bits per heavy atom. The topological polar surface area (TPSA) is 132 Å². The van der Waals surface area contributed by atoms with Crippen molar-refractivity contribution in [2.24, 2.45) is 0 Å². The number of furan rings is 1. The molecule has 0 aliphatic rings. The fourth-order valence-electron chi connectivity index (χ4n) is 1.97. The lowest BCUT2D eigenvalue weighted by Crippen LogP contribution is -2.43. The molecule has 0 unspecified atom stereocenters. The third-order valence-electron chi connectivity index (χ3n) is 3.23. The van der Waals surface area contributed by atoms with E-state index in [0.29, 0.717) is 5.56 Å². The highest BCUT2D eigenvalue weighted by atomic mass is 35.5. The molecule has 25 heavy (non-hydrogen) atoms. The van der Waals surface area contributed by atoms with Crippen molar-refractivity contribution in [3.8, 4) is 11.3 Å². The Morgan fingerprint density at radius 3 is 2.68 bits per heavy atom. The number of aliphatic hydroxyl groups excluding tert-OH is 1. The number of halogens is 1. The van der Waals surface area contributed by atoms with Crippen LogP contribution >= 0.6 is 11.6 Å². The molecule has 0 bridgehead atoms. The van der Waals surface area contributed by atoms with Crippen LogP contribution in [0.1, 0.15) is 10.6 Å². The molecule has 132 valence electrons. The monoisotopic (exact) mass is 368 g/mol. The average Bonchev–Trinajstić information content (AvgIpc) is 3.08. The van der Waals surface area contributed by atoms with Gasteiger partial charge >= 0.3 is 5.97 Å². The highest BCUT2D eigenvalue weighted by Crippen LogP contribution is 2.32. The van der Waals surface area contributed by atoms with Crippen molar-refractivity contribution >= 4 is 29.2 Å². The molecule has 1 amide bonds. The molecule has 1 aromatic carbocycles. The van der Waals surface area contributed by atoms with E-state index < -0.39 is 29.4 Å². The molecule has 1 aromatic heterocycles. The van der Waals surface area contributed by atoms with Crippen molar-refractivity contribution in [1.29, 1.82) is 0 Å². The van der Waals surface area contributed by atoms with Crippen LogP contribution in [-0.2, 0) is 9.53 Å². The molecule has 1 atom stereocenters. The summed E-state index contributed by atoms with van der Waals surface area (Å²) in [6.45, 7) is -0.639. The summed E-state index contributed by atoms with van der Waals surface area (Å²) >= 11 is 6.00. The maximum Gasteiger partial charge on any atom is 0.330 e. The number of aliphatic hydroxyl groups is 1. The number of hydrogen-bond acceptors (Lipinski definition) is 7. The number of nitrogens with one attached hydrogen (secondary N) is 1. The number of esters is 1. The average molecular weight is 369 g/mol. The predicted molar refractivity (Wildman–Crippen MR) is 86.2 cm³/mol. The maximum atomic E-state index is 12.1. The third kappa shape index (κ3) is 4.14. The molecular weight excluding hydrogens is 356 g/mol. The number of hydrogen-bond donors (Lipinski definition) is 2. The Morgan fingerprint density at radius 1 is 1.40 bits per heavy atom. The molecule has 2 aromatic rings. The number of amides is 1. The Balaban J connectivity index is 2.21. The zero-order valence-corrected chi connectivity index (χ0v) is 13.6. The normalized spacial score (nSPS) is 11.6. The first-order valence-corrected chi connectivity index (χ1v) is 7.29. The van der Waals surface area contributed by atoms with Gasteiger partial charge in [0.1, 0.15) is 5.76 Å². The summed E-state index contributed by atoms with van der Waals surface area (Å²) in [5, 5.41) is 22.2. The van der Waals surface area contributed by atoms with Crippen molar-refractivity contribution in [3.05, 3.63) is 51.2 Å². The van der Waals surface area contributed by atoms with E-state index in [1.54, 1.807) is 0 Å².